The van der Waals surface area contributed by atoms with Crippen LogP contribution in [0.25, 0.3) is 0 Å². The fraction of sp³-hybridized carbons (Fsp3) is 0.556. The molecule has 25 heavy (non-hydrogen) atoms. The highest BCUT2D eigenvalue weighted by atomic mass is 16.2. The van der Waals surface area contributed by atoms with E-state index in [1.807, 2.05) is 49.8 Å². The Bertz CT molecular complexity index is 769. The monoisotopic (exact) mass is 342 g/mol. The van der Waals surface area contributed by atoms with Gasteiger partial charge in [0.2, 0.25) is 5.91 Å². The number of likely N-dealkylation sites (tertiary alicyclic amines) is 1. The van der Waals surface area contributed by atoms with E-state index < -0.39 is 0 Å². The molecule has 1 amide bonds. The van der Waals surface area contributed by atoms with Gasteiger partial charge in [0, 0.05) is 38.8 Å². The molecule has 1 aliphatic heterocycles. The average molecular weight is 342 g/mol. The summed E-state index contributed by atoms with van der Waals surface area (Å²) in [6, 6.07) is 2.01. The molecule has 134 valence electrons. The summed E-state index contributed by atoms with van der Waals surface area (Å²) < 4.78 is 1.85. The fourth-order valence-electron chi connectivity index (χ4n) is 3.44. The Morgan fingerprint density at radius 1 is 1.36 bits per heavy atom. The van der Waals surface area contributed by atoms with E-state index in [4.69, 9.17) is 0 Å². The van der Waals surface area contributed by atoms with Gasteiger partial charge in [-0.3, -0.25) is 9.48 Å². The van der Waals surface area contributed by atoms with Gasteiger partial charge in [-0.25, -0.2) is 9.97 Å². The van der Waals surface area contributed by atoms with Crippen molar-refractivity contribution >= 4 is 11.7 Å². The van der Waals surface area contributed by atoms with Crippen LogP contribution in [-0.4, -0.2) is 44.1 Å². The van der Waals surface area contributed by atoms with E-state index in [0.29, 0.717) is 6.42 Å². The highest BCUT2D eigenvalue weighted by Crippen LogP contribution is 2.32. The van der Waals surface area contributed by atoms with Crippen LogP contribution in [0, 0.1) is 13.8 Å². The summed E-state index contributed by atoms with van der Waals surface area (Å²) >= 11 is 0. The standard InChI is InChI=1S/C18H26N6O/c1-12-14(11-20-23(12)4)7-8-18(25)24-9-5-6-16(24)15-10-17(19-3)22-13(2)21-15/h10-11,16H,5-9H2,1-4H3,(H,19,21,22)/t16-/m1/s1. The smallest absolute Gasteiger partial charge is 0.223 e. The molecular formula is C18H26N6O. The van der Waals surface area contributed by atoms with Crippen molar-refractivity contribution < 1.29 is 4.79 Å². The number of rotatable bonds is 5. The highest BCUT2D eigenvalue weighted by Gasteiger charge is 2.31. The Morgan fingerprint density at radius 3 is 2.84 bits per heavy atom. The summed E-state index contributed by atoms with van der Waals surface area (Å²) in [6.07, 6.45) is 5.06. The molecule has 1 atom stereocenters. The van der Waals surface area contributed by atoms with Gasteiger partial charge >= 0.3 is 0 Å². The molecule has 1 aliphatic rings. The lowest BCUT2D eigenvalue weighted by molar-refractivity contribution is -0.132. The van der Waals surface area contributed by atoms with Gasteiger partial charge in [0.05, 0.1) is 17.9 Å². The van der Waals surface area contributed by atoms with Crippen molar-refractivity contribution in [3.05, 3.63) is 35.0 Å². The second-order valence-corrected chi connectivity index (χ2v) is 6.60. The van der Waals surface area contributed by atoms with Gasteiger partial charge in [-0.05, 0) is 38.7 Å². The molecule has 1 fully saturated rings. The Hall–Kier alpha value is -2.44. The van der Waals surface area contributed by atoms with Gasteiger partial charge < -0.3 is 10.2 Å². The fourth-order valence-corrected chi connectivity index (χ4v) is 3.44. The van der Waals surface area contributed by atoms with Crippen molar-refractivity contribution in [2.75, 3.05) is 18.9 Å². The van der Waals surface area contributed by atoms with Crippen molar-refractivity contribution in [2.24, 2.45) is 7.05 Å². The number of anilines is 1. The summed E-state index contributed by atoms with van der Waals surface area (Å²) in [4.78, 5) is 23.7. The van der Waals surface area contributed by atoms with E-state index in [1.165, 1.54) is 0 Å². The number of nitrogens with zero attached hydrogens (tertiary/aromatic N) is 5. The van der Waals surface area contributed by atoms with Gasteiger partial charge in [-0.2, -0.15) is 5.10 Å². The first-order chi connectivity index (χ1) is 12.0. The molecule has 0 saturated carbocycles. The molecule has 0 unspecified atom stereocenters. The van der Waals surface area contributed by atoms with Crippen molar-refractivity contribution in [1.82, 2.24) is 24.6 Å². The van der Waals surface area contributed by atoms with Gasteiger partial charge in [0.15, 0.2) is 0 Å². The summed E-state index contributed by atoms with van der Waals surface area (Å²) in [5, 5.41) is 7.32. The minimum atomic E-state index is 0.0521. The lowest BCUT2D eigenvalue weighted by Crippen LogP contribution is -2.31. The number of aryl methyl sites for hydroxylation is 3. The number of hydrogen-bond donors (Lipinski definition) is 1. The predicted molar refractivity (Wildman–Crippen MR) is 96.3 cm³/mol. The second kappa shape index (κ2) is 7.21. The third-order valence-corrected chi connectivity index (χ3v) is 4.97. The van der Waals surface area contributed by atoms with Crippen LogP contribution in [0.5, 0.6) is 0 Å². The number of carbonyl (C=O) groups is 1. The molecule has 3 rings (SSSR count). The zero-order valence-electron chi connectivity index (χ0n) is 15.4. The van der Waals surface area contributed by atoms with Crippen LogP contribution in [0.1, 0.15) is 48.1 Å². The normalized spacial score (nSPS) is 17.1. The molecule has 2 aromatic heterocycles. The minimum absolute atomic E-state index is 0.0521. The van der Waals surface area contributed by atoms with Crippen LogP contribution in [0.15, 0.2) is 12.3 Å². The summed E-state index contributed by atoms with van der Waals surface area (Å²) in [7, 11) is 3.77. The third kappa shape index (κ3) is 3.65. The number of amides is 1. The SMILES string of the molecule is CNc1cc([C@H]2CCCN2C(=O)CCc2cnn(C)c2C)nc(C)n1. The van der Waals surface area contributed by atoms with Crippen molar-refractivity contribution in [3.8, 4) is 0 Å². The van der Waals surface area contributed by atoms with Crippen molar-refractivity contribution in [2.45, 2.75) is 45.6 Å². The zero-order chi connectivity index (χ0) is 18.0. The predicted octanol–water partition coefficient (Wildman–Crippen LogP) is 2.16. The summed E-state index contributed by atoms with van der Waals surface area (Å²) in [6.45, 7) is 4.72. The molecule has 0 radical (unpaired) electrons. The van der Waals surface area contributed by atoms with E-state index in [2.05, 4.69) is 20.4 Å². The van der Waals surface area contributed by atoms with Gasteiger partial charge in [-0.15, -0.1) is 0 Å². The first kappa shape index (κ1) is 17.4. The zero-order valence-corrected chi connectivity index (χ0v) is 15.4. The topological polar surface area (TPSA) is 75.9 Å². The molecular weight excluding hydrogens is 316 g/mol. The number of nitrogens with one attached hydrogen (secondary N) is 1. The molecule has 3 heterocycles. The maximum atomic E-state index is 12.8. The van der Waals surface area contributed by atoms with Crippen LogP contribution >= 0.6 is 0 Å². The maximum Gasteiger partial charge on any atom is 0.223 e. The molecule has 0 bridgehead atoms. The van der Waals surface area contributed by atoms with Crippen LogP contribution in [0.2, 0.25) is 0 Å². The Balaban J connectivity index is 1.71. The van der Waals surface area contributed by atoms with Gasteiger partial charge in [0.1, 0.15) is 11.6 Å². The van der Waals surface area contributed by atoms with E-state index in [-0.39, 0.29) is 11.9 Å². The molecule has 1 N–H and O–H groups in total. The highest BCUT2D eigenvalue weighted by molar-refractivity contribution is 5.77. The van der Waals surface area contributed by atoms with E-state index in [1.54, 1.807) is 0 Å². The van der Waals surface area contributed by atoms with Crippen LogP contribution in [-0.2, 0) is 18.3 Å². The van der Waals surface area contributed by atoms with E-state index in [0.717, 1.165) is 54.4 Å². The molecule has 0 aliphatic carbocycles. The number of hydrogen-bond acceptors (Lipinski definition) is 5. The average Bonchev–Trinajstić information content (AvgIpc) is 3.20. The lowest BCUT2D eigenvalue weighted by Gasteiger charge is -2.25. The molecule has 0 aromatic carbocycles. The second-order valence-electron chi connectivity index (χ2n) is 6.60. The largest absolute Gasteiger partial charge is 0.373 e. The molecule has 0 spiro atoms. The van der Waals surface area contributed by atoms with Gasteiger partial charge in [0.25, 0.3) is 0 Å². The third-order valence-electron chi connectivity index (χ3n) is 4.97. The first-order valence-corrected chi connectivity index (χ1v) is 8.80. The summed E-state index contributed by atoms with van der Waals surface area (Å²) in [5.41, 5.74) is 3.19. The number of carbonyl (C=O) groups excluding carboxylic acids is 1. The van der Waals surface area contributed by atoms with Crippen molar-refractivity contribution in [1.29, 1.82) is 0 Å². The van der Waals surface area contributed by atoms with Crippen LogP contribution < -0.4 is 5.32 Å². The molecule has 2 aromatic rings. The van der Waals surface area contributed by atoms with Crippen LogP contribution in [0.4, 0.5) is 5.82 Å². The number of aromatic nitrogens is 4. The van der Waals surface area contributed by atoms with E-state index >= 15 is 0 Å². The van der Waals surface area contributed by atoms with Crippen LogP contribution in [0.3, 0.4) is 0 Å². The first-order valence-electron chi connectivity index (χ1n) is 8.80. The maximum absolute atomic E-state index is 12.8. The van der Waals surface area contributed by atoms with Gasteiger partial charge in [-0.1, -0.05) is 0 Å². The molecule has 1 saturated heterocycles. The summed E-state index contributed by atoms with van der Waals surface area (Å²) in [5.74, 6) is 1.72. The Morgan fingerprint density at radius 2 is 2.16 bits per heavy atom. The minimum Gasteiger partial charge on any atom is -0.373 e. The molecule has 7 heteroatoms. The quantitative estimate of drug-likeness (QED) is 0.901. The van der Waals surface area contributed by atoms with Crippen molar-refractivity contribution in [3.63, 3.8) is 0 Å². The molecule has 7 nitrogen and oxygen atoms in total. The Labute approximate surface area is 148 Å². The lowest BCUT2D eigenvalue weighted by atomic mass is 10.1. The Kier molecular flexibility index (Phi) is 5.01. The van der Waals surface area contributed by atoms with E-state index in [9.17, 15) is 4.79 Å².